The van der Waals surface area contributed by atoms with Gasteiger partial charge in [0.1, 0.15) is 11.3 Å². The Balaban J connectivity index is 2.21. The minimum atomic E-state index is -0.564. The van der Waals surface area contributed by atoms with E-state index in [2.05, 4.69) is 4.98 Å². The highest BCUT2D eigenvalue weighted by molar-refractivity contribution is 6.31. The second-order valence-electron chi connectivity index (χ2n) is 6.16. The number of carbonyl (C=O) groups excluding carboxylic acids is 1. The largest absolute Gasteiger partial charge is 0.505 e. The van der Waals surface area contributed by atoms with Gasteiger partial charge in [-0.05, 0) is 37.6 Å². The standard InChI is InChI=1S/C21H17ClN2O3/c1-3-27-21(26)18-19-20(25)17(13-7-5-4-6-8-13)15-11-14(22)9-10-16(15)24(19)12(2)23-18/h4-11,25H,3H2,1-2H3. The summed E-state index contributed by atoms with van der Waals surface area (Å²) in [7, 11) is 0. The third kappa shape index (κ3) is 2.71. The molecule has 0 saturated carbocycles. The summed E-state index contributed by atoms with van der Waals surface area (Å²) < 4.78 is 6.90. The van der Waals surface area contributed by atoms with Gasteiger partial charge < -0.3 is 9.84 Å². The van der Waals surface area contributed by atoms with Gasteiger partial charge in [-0.2, -0.15) is 0 Å². The van der Waals surface area contributed by atoms with Gasteiger partial charge in [0.05, 0.1) is 12.1 Å². The van der Waals surface area contributed by atoms with Gasteiger partial charge in [-0.25, -0.2) is 9.78 Å². The predicted molar refractivity (Wildman–Crippen MR) is 106 cm³/mol. The Bertz CT molecular complexity index is 1180. The lowest BCUT2D eigenvalue weighted by atomic mass is 9.99. The molecular weight excluding hydrogens is 364 g/mol. The normalized spacial score (nSPS) is 11.2. The van der Waals surface area contributed by atoms with Crippen LogP contribution >= 0.6 is 11.6 Å². The van der Waals surface area contributed by atoms with Gasteiger partial charge in [0, 0.05) is 16.0 Å². The number of esters is 1. The number of halogens is 1. The Morgan fingerprint density at radius 1 is 1.22 bits per heavy atom. The first-order valence-corrected chi connectivity index (χ1v) is 8.96. The molecule has 0 aliphatic carbocycles. The summed E-state index contributed by atoms with van der Waals surface area (Å²) in [6.07, 6.45) is 0. The first-order chi connectivity index (χ1) is 13.0. The number of fused-ring (bicyclic) bond motifs is 3. The number of aryl methyl sites for hydroxylation is 1. The molecule has 0 bridgehead atoms. The van der Waals surface area contributed by atoms with Gasteiger partial charge in [-0.1, -0.05) is 41.9 Å². The van der Waals surface area contributed by atoms with Crippen molar-refractivity contribution in [2.75, 3.05) is 6.61 Å². The molecule has 0 atom stereocenters. The van der Waals surface area contributed by atoms with Crippen LogP contribution in [0.3, 0.4) is 0 Å². The van der Waals surface area contributed by atoms with Crippen LogP contribution in [0.15, 0.2) is 48.5 Å². The lowest BCUT2D eigenvalue weighted by Crippen LogP contribution is -2.06. The Kier molecular flexibility index (Phi) is 4.24. The fraction of sp³-hybridized carbons (Fsp3) is 0.143. The second kappa shape index (κ2) is 6.59. The molecule has 0 spiro atoms. The van der Waals surface area contributed by atoms with E-state index in [1.807, 2.05) is 42.5 Å². The quantitative estimate of drug-likeness (QED) is 0.508. The van der Waals surface area contributed by atoms with Crippen LogP contribution in [0.25, 0.3) is 27.5 Å². The maximum atomic E-state index is 12.4. The van der Waals surface area contributed by atoms with Crippen LogP contribution in [0.1, 0.15) is 23.2 Å². The van der Waals surface area contributed by atoms with Gasteiger partial charge in [-0.3, -0.25) is 4.40 Å². The van der Waals surface area contributed by atoms with Crippen LogP contribution in [0.2, 0.25) is 5.02 Å². The van der Waals surface area contributed by atoms with E-state index in [-0.39, 0.29) is 18.1 Å². The van der Waals surface area contributed by atoms with Crippen molar-refractivity contribution in [1.29, 1.82) is 0 Å². The number of hydrogen-bond acceptors (Lipinski definition) is 4. The maximum Gasteiger partial charge on any atom is 0.359 e. The van der Waals surface area contributed by atoms with E-state index in [4.69, 9.17) is 16.3 Å². The van der Waals surface area contributed by atoms with E-state index in [1.54, 1.807) is 24.3 Å². The van der Waals surface area contributed by atoms with Crippen molar-refractivity contribution in [3.8, 4) is 16.9 Å². The van der Waals surface area contributed by atoms with Crippen LogP contribution in [-0.2, 0) is 4.74 Å². The van der Waals surface area contributed by atoms with E-state index in [0.717, 1.165) is 16.5 Å². The van der Waals surface area contributed by atoms with E-state index in [0.29, 0.717) is 21.9 Å². The third-order valence-electron chi connectivity index (χ3n) is 4.51. The molecule has 0 fully saturated rings. The lowest BCUT2D eigenvalue weighted by Gasteiger charge is -2.14. The molecule has 5 nitrogen and oxygen atoms in total. The number of aromatic hydroxyl groups is 1. The Hall–Kier alpha value is -3.05. The molecule has 4 rings (SSSR count). The Labute approximate surface area is 160 Å². The summed E-state index contributed by atoms with van der Waals surface area (Å²) in [5.74, 6) is -0.0133. The van der Waals surface area contributed by atoms with Crippen LogP contribution in [0, 0.1) is 6.92 Å². The maximum absolute atomic E-state index is 12.4. The molecule has 4 aromatic rings. The highest BCUT2D eigenvalue weighted by Crippen LogP contribution is 2.42. The van der Waals surface area contributed by atoms with Crippen molar-refractivity contribution in [3.05, 3.63) is 65.1 Å². The zero-order chi connectivity index (χ0) is 19.1. The average Bonchev–Trinajstić information content (AvgIpc) is 3.01. The number of nitrogens with zero attached hydrogens (tertiary/aromatic N) is 2. The molecule has 0 radical (unpaired) electrons. The number of aromatic nitrogens is 2. The Morgan fingerprint density at radius 2 is 1.96 bits per heavy atom. The third-order valence-corrected chi connectivity index (χ3v) is 4.74. The summed E-state index contributed by atoms with van der Waals surface area (Å²) >= 11 is 6.24. The Morgan fingerprint density at radius 3 is 2.67 bits per heavy atom. The molecule has 2 aromatic heterocycles. The first-order valence-electron chi connectivity index (χ1n) is 8.58. The molecule has 6 heteroatoms. The van der Waals surface area contributed by atoms with Crippen LogP contribution in [0.5, 0.6) is 5.75 Å². The zero-order valence-corrected chi connectivity index (χ0v) is 15.6. The van der Waals surface area contributed by atoms with Crippen LogP contribution in [-0.4, -0.2) is 27.1 Å². The number of rotatable bonds is 3. The summed E-state index contributed by atoms with van der Waals surface area (Å²) in [5.41, 5.74) is 2.65. The summed E-state index contributed by atoms with van der Waals surface area (Å²) in [5, 5.41) is 12.5. The van der Waals surface area contributed by atoms with Gasteiger partial charge in [0.25, 0.3) is 0 Å². The van der Waals surface area contributed by atoms with Crippen molar-refractivity contribution in [1.82, 2.24) is 9.38 Å². The first kappa shape index (κ1) is 17.4. The van der Waals surface area contributed by atoms with Crippen LogP contribution in [0.4, 0.5) is 0 Å². The molecule has 27 heavy (non-hydrogen) atoms. The summed E-state index contributed by atoms with van der Waals surface area (Å²) in [6.45, 7) is 3.74. The number of ether oxygens (including phenoxy) is 1. The lowest BCUT2D eigenvalue weighted by molar-refractivity contribution is 0.0522. The SMILES string of the molecule is CCOC(=O)c1nc(C)n2c1c(O)c(-c1ccccc1)c1cc(Cl)ccc12. The smallest absolute Gasteiger partial charge is 0.359 e. The van der Waals surface area contributed by atoms with Crippen molar-refractivity contribution >= 4 is 34.0 Å². The molecule has 0 aliphatic rings. The highest BCUT2D eigenvalue weighted by atomic mass is 35.5. The fourth-order valence-electron chi connectivity index (χ4n) is 3.43. The van der Waals surface area contributed by atoms with E-state index < -0.39 is 5.97 Å². The van der Waals surface area contributed by atoms with E-state index in [1.165, 1.54) is 0 Å². The predicted octanol–water partition coefficient (Wildman–Crippen LogP) is 5.00. The number of imidazole rings is 1. The van der Waals surface area contributed by atoms with Crippen molar-refractivity contribution in [2.45, 2.75) is 13.8 Å². The minimum absolute atomic E-state index is 0.0281. The van der Waals surface area contributed by atoms with Crippen molar-refractivity contribution in [2.24, 2.45) is 0 Å². The fourth-order valence-corrected chi connectivity index (χ4v) is 3.61. The molecular formula is C21H17ClN2O3. The van der Waals surface area contributed by atoms with Crippen LogP contribution < -0.4 is 0 Å². The molecule has 0 saturated heterocycles. The number of benzene rings is 2. The van der Waals surface area contributed by atoms with Crippen molar-refractivity contribution in [3.63, 3.8) is 0 Å². The van der Waals surface area contributed by atoms with Gasteiger partial charge in [0.15, 0.2) is 11.4 Å². The van der Waals surface area contributed by atoms with E-state index in [9.17, 15) is 9.90 Å². The summed E-state index contributed by atoms with van der Waals surface area (Å²) in [6, 6.07) is 14.9. The van der Waals surface area contributed by atoms with Gasteiger partial charge >= 0.3 is 5.97 Å². The monoisotopic (exact) mass is 380 g/mol. The molecule has 0 aliphatic heterocycles. The van der Waals surface area contributed by atoms with Gasteiger partial charge in [-0.15, -0.1) is 0 Å². The molecule has 1 N–H and O–H groups in total. The number of pyridine rings is 1. The van der Waals surface area contributed by atoms with E-state index >= 15 is 0 Å². The van der Waals surface area contributed by atoms with Gasteiger partial charge in [0.2, 0.25) is 0 Å². The topological polar surface area (TPSA) is 63.8 Å². The number of hydrogen-bond donors (Lipinski definition) is 1. The molecule has 2 heterocycles. The number of carbonyl (C=O) groups is 1. The minimum Gasteiger partial charge on any atom is -0.505 e. The summed E-state index contributed by atoms with van der Waals surface area (Å²) in [4.78, 5) is 16.8. The van der Waals surface area contributed by atoms with Crippen molar-refractivity contribution < 1.29 is 14.6 Å². The highest BCUT2D eigenvalue weighted by Gasteiger charge is 2.25. The molecule has 0 amide bonds. The average molecular weight is 381 g/mol. The zero-order valence-electron chi connectivity index (χ0n) is 14.9. The molecule has 2 aromatic carbocycles. The molecule has 136 valence electrons. The molecule has 0 unspecified atom stereocenters. The second-order valence-corrected chi connectivity index (χ2v) is 6.60.